The van der Waals surface area contributed by atoms with Crippen LogP contribution >= 0.6 is 0 Å². The van der Waals surface area contributed by atoms with Crippen molar-refractivity contribution in [2.24, 2.45) is 0 Å². The summed E-state index contributed by atoms with van der Waals surface area (Å²) in [4.78, 5) is 27.5. The monoisotopic (exact) mass is 346 g/mol. The number of urea groups is 1. The molecule has 0 unspecified atom stereocenters. The molecule has 0 saturated carbocycles. The van der Waals surface area contributed by atoms with E-state index in [0.717, 1.165) is 23.3 Å². The number of fused-ring (bicyclic) bond motifs is 2. The molecule has 2 heterocycles. The minimum atomic E-state index is -4.65. The Balaban J connectivity index is 1.76. The molecule has 7 heteroatoms. The summed E-state index contributed by atoms with van der Waals surface area (Å²) in [5.41, 5.74) is 0.444. The topological polar surface area (TPSA) is 40.6 Å². The van der Waals surface area contributed by atoms with Crippen LogP contribution in [0.4, 0.5) is 23.7 Å². The minimum absolute atomic E-state index is 0.218. The molecule has 1 fully saturated rings. The van der Waals surface area contributed by atoms with E-state index in [-0.39, 0.29) is 6.54 Å². The molecular formula is C18H13F3N2O2. The van der Waals surface area contributed by atoms with Crippen molar-refractivity contribution in [1.82, 2.24) is 4.90 Å². The fourth-order valence-corrected chi connectivity index (χ4v) is 3.45. The van der Waals surface area contributed by atoms with Gasteiger partial charge in [-0.05, 0) is 23.3 Å². The van der Waals surface area contributed by atoms with Crippen LogP contribution in [0.25, 0.3) is 0 Å². The summed E-state index contributed by atoms with van der Waals surface area (Å²) in [5, 5.41) is 0. The van der Waals surface area contributed by atoms with Gasteiger partial charge in [0.15, 0.2) is 0 Å². The Labute approximate surface area is 141 Å². The lowest BCUT2D eigenvalue weighted by atomic mass is 9.95. The van der Waals surface area contributed by atoms with Gasteiger partial charge in [-0.2, -0.15) is 13.2 Å². The van der Waals surface area contributed by atoms with E-state index in [1.807, 2.05) is 24.3 Å². The van der Waals surface area contributed by atoms with Crippen LogP contribution in [0.15, 0.2) is 48.5 Å². The lowest BCUT2D eigenvalue weighted by Crippen LogP contribution is -2.39. The molecule has 4 nitrogen and oxygen atoms in total. The molecule has 4 rings (SSSR count). The van der Waals surface area contributed by atoms with Gasteiger partial charge in [-0.1, -0.05) is 36.4 Å². The average Bonchev–Trinajstić information content (AvgIpc) is 2.83. The summed E-state index contributed by atoms with van der Waals surface area (Å²) in [6.07, 6.45) is -4.34. The molecule has 2 aromatic rings. The van der Waals surface area contributed by atoms with E-state index in [2.05, 4.69) is 0 Å². The van der Waals surface area contributed by atoms with Gasteiger partial charge in [0.2, 0.25) is 0 Å². The Morgan fingerprint density at radius 1 is 0.920 bits per heavy atom. The minimum Gasteiger partial charge on any atom is -0.307 e. The van der Waals surface area contributed by atoms with Crippen LogP contribution in [0.1, 0.15) is 16.7 Å². The molecule has 0 aliphatic carbocycles. The number of rotatable bonds is 1. The average molecular weight is 346 g/mol. The Kier molecular flexibility index (Phi) is 3.35. The van der Waals surface area contributed by atoms with Crippen LogP contribution < -0.4 is 4.90 Å². The summed E-state index contributed by atoms with van der Waals surface area (Å²) in [6.45, 7) is 0.218. The molecule has 128 valence electrons. The van der Waals surface area contributed by atoms with E-state index >= 15 is 0 Å². The zero-order chi connectivity index (χ0) is 17.8. The number of amides is 3. The van der Waals surface area contributed by atoms with E-state index < -0.39 is 35.4 Å². The van der Waals surface area contributed by atoms with Gasteiger partial charge in [-0.15, -0.1) is 0 Å². The number of nitrogens with zero attached hydrogens (tertiary/aromatic N) is 2. The van der Waals surface area contributed by atoms with Crippen LogP contribution in [-0.4, -0.2) is 22.9 Å². The molecule has 2 aromatic carbocycles. The highest BCUT2D eigenvalue weighted by Crippen LogP contribution is 2.40. The lowest BCUT2D eigenvalue weighted by molar-refractivity contribution is -0.137. The van der Waals surface area contributed by atoms with Gasteiger partial charge in [0.05, 0.1) is 11.3 Å². The molecule has 0 N–H and O–H groups in total. The normalized spacial score (nSPS) is 19.9. The Bertz CT molecular complexity index is 836. The third kappa shape index (κ3) is 2.38. The van der Waals surface area contributed by atoms with Crippen molar-refractivity contribution in [3.05, 3.63) is 65.2 Å². The summed E-state index contributed by atoms with van der Waals surface area (Å²) >= 11 is 0. The zero-order valence-electron chi connectivity index (χ0n) is 13.0. The van der Waals surface area contributed by atoms with Gasteiger partial charge in [0.1, 0.15) is 6.04 Å². The third-order valence-electron chi connectivity index (χ3n) is 4.64. The number of carbonyl (C=O) groups excluding carboxylic acids is 2. The molecule has 25 heavy (non-hydrogen) atoms. The van der Waals surface area contributed by atoms with Crippen LogP contribution in [0, 0.1) is 0 Å². The lowest BCUT2D eigenvalue weighted by Gasteiger charge is -2.28. The number of hydrogen-bond acceptors (Lipinski definition) is 2. The largest absolute Gasteiger partial charge is 0.418 e. The molecule has 0 aromatic heterocycles. The first kappa shape index (κ1) is 15.7. The van der Waals surface area contributed by atoms with Gasteiger partial charge in [-0.3, -0.25) is 4.79 Å². The third-order valence-corrected chi connectivity index (χ3v) is 4.64. The molecule has 2 aliphatic rings. The van der Waals surface area contributed by atoms with E-state index in [0.29, 0.717) is 11.3 Å². The molecule has 0 bridgehead atoms. The fourth-order valence-electron chi connectivity index (χ4n) is 3.45. The number of benzene rings is 2. The predicted octanol–water partition coefficient (Wildman–Crippen LogP) is 3.60. The predicted molar refractivity (Wildman–Crippen MR) is 83.8 cm³/mol. The molecule has 2 aliphatic heterocycles. The molecule has 0 radical (unpaired) electrons. The summed E-state index contributed by atoms with van der Waals surface area (Å²) < 4.78 is 39.8. The SMILES string of the molecule is O=C1[C@@H]2Cc3ccccc3CN2C(=O)N1c1ccccc1C(F)(F)F. The number of imide groups is 1. The van der Waals surface area contributed by atoms with Crippen molar-refractivity contribution in [3.63, 3.8) is 0 Å². The van der Waals surface area contributed by atoms with Gasteiger partial charge >= 0.3 is 12.2 Å². The van der Waals surface area contributed by atoms with Crippen LogP contribution in [0.2, 0.25) is 0 Å². The molecule has 3 amide bonds. The van der Waals surface area contributed by atoms with Crippen molar-refractivity contribution in [3.8, 4) is 0 Å². The van der Waals surface area contributed by atoms with Crippen molar-refractivity contribution < 1.29 is 22.8 Å². The second kappa shape index (κ2) is 5.34. The number of hydrogen-bond donors (Lipinski definition) is 0. The van der Waals surface area contributed by atoms with E-state index in [1.54, 1.807) is 0 Å². The highest BCUT2D eigenvalue weighted by Gasteiger charge is 2.49. The van der Waals surface area contributed by atoms with Crippen molar-refractivity contribution in [1.29, 1.82) is 0 Å². The van der Waals surface area contributed by atoms with E-state index in [9.17, 15) is 22.8 Å². The van der Waals surface area contributed by atoms with Crippen molar-refractivity contribution >= 4 is 17.6 Å². The standard InChI is InChI=1S/C18H13F3N2O2/c19-18(20,21)13-7-3-4-8-14(13)23-16(24)15-9-11-5-1-2-6-12(11)10-22(15)17(23)25/h1-8,15H,9-10H2/t15-/m0/s1. The zero-order valence-corrected chi connectivity index (χ0v) is 13.0. The quantitative estimate of drug-likeness (QED) is 0.741. The van der Waals surface area contributed by atoms with Gasteiger partial charge in [0, 0.05) is 13.0 Å². The van der Waals surface area contributed by atoms with Gasteiger partial charge < -0.3 is 4.90 Å². The van der Waals surface area contributed by atoms with E-state index in [1.165, 1.54) is 17.0 Å². The van der Waals surface area contributed by atoms with Gasteiger partial charge in [0.25, 0.3) is 5.91 Å². The van der Waals surface area contributed by atoms with Crippen molar-refractivity contribution in [2.45, 2.75) is 25.2 Å². The highest BCUT2D eigenvalue weighted by molar-refractivity contribution is 6.21. The first-order valence-corrected chi connectivity index (χ1v) is 7.75. The fraction of sp³-hybridized carbons (Fsp3) is 0.222. The summed E-state index contributed by atoms with van der Waals surface area (Å²) in [5.74, 6) is -0.615. The number of para-hydroxylation sites is 1. The van der Waals surface area contributed by atoms with Crippen LogP contribution in [-0.2, 0) is 23.9 Å². The number of carbonyl (C=O) groups is 2. The number of anilines is 1. The molecule has 0 spiro atoms. The Morgan fingerprint density at radius 2 is 1.56 bits per heavy atom. The van der Waals surface area contributed by atoms with Crippen molar-refractivity contribution in [2.75, 3.05) is 4.90 Å². The van der Waals surface area contributed by atoms with E-state index in [4.69, 9.17) is 0 Å². The molecule has 1 saturated heterocycles. The maximum atomic E-state index is 13.3. The molecular weight excluding hydrogens is 333 g/mol. The Hall–Kier alpha value is -2.83. The Morgan fingerprint density at radius 3 is 2.28 bits per heavy atom. The smallest absolute Gasteiger partial charge is 0.307 e. The van der Waals surface area contributed by atoms with Crippen LogP contribution in [0.3, 0.4) is 0 Å². The van der Waals surface area contributed by atoms with Gasteiger partial charge in [-0.25, -0.2) is 9.69 Å². The maximum absolute atomic E-state index is 13.3. The van der Waals surface area contributed by atoms with Crippen LogP contribution in [0.5, 0.6) is 0 Å². The second-order valence-corrected chi connectivity index (χ2v) is 6.09. The highest BCUT2D eigenvalue weighted by atomic mass is 19.4. The number of halogens is 3. The number of alkyl halides is 3. The molecule has 1 atom stereocenters. The maximum Gasteiger partial charge on any atom is 0.418 e. The summed E-state index contributed by atoms with van der Waals surface area (Å²) in [6, 6.07) is 10.6. The second-order valence-electron chi connectivity index (χ2n) is 6.09. The first-order chi connectivity index (χ1) is 11.9. The summed E-state index contributed by atoms with van der Waals surface area (Å²) in [7, 11) is 0. The first-order valence-electron chi connectivity index (χ1n) is 7.75.